The zero-order valence-electron chi connectivity index (χ0n) is 18.4. The van der Waals surface area contributed by atoms with Gasteiger partial charge in [0.1, 0.15) is 10.8 Å². The minimum atomic E-state index is -0.216. The highest BCUT2D eigenvalue weighted by atomic mass is 35.5. The van der Waals surface area contributed by atoms with Crippen LogP contribution < -0.4 is 10.1 Å². The van der Waals surface area contributed by atoms with Gasteiger partial charge < -0.3 is 14.3 Å². The molecule has 176 valence electrons. The molecule has 0 bridgehead atoms. The van der Waals surface area contributed by atoms with Gasteiger partial charge >= 0.3 is 0 Å². The lowest BCUT2D eigenvalue weighted by molar-refractivity contribution is 0.102. The van der Waals surface area contributed by atoms with Crippen molar-refractivity contribution in [3.63, 3.8) is 0 Å². The SMILES string of the molecule is Cl.O=C(Nc1sc(=Nc2ccccc2)n(Cc2ccco2)c1-c1ccccc1)c1ccc(Cl)cc1. The Kier molecular flexibility index (Phi) is 7.87. The predicted octanol–water partition coefficient (Wildman–Crippen LogP) is 7.42. The molecule has 0 saturated carbocycles. The van der Waals surface area contributed by atoms with Crippen LogP contribution in [-0.4, -0.2) is 10.5 Å². The molecule has 5 aromatic rings. The lowest BCUT2D eigenvalue weighted by Gasteiger charge is -2.11. The van der Waals surface area contributed by atoms with Crippen molar-refractivity contribution in [1.82, 2.24) is 4.57 Å². The van der Waals surface area contributed by atoms with Crippen molar-refractivity contribution in [1.29, 1.82) is 0 Å². The van der Waals surface area contributed by atoms with Crippen LogP contribution in [0.3, 0.4) is 0 Å². The largest absolute Gasteiger partial charge is 0.467 e. The fraction of sp³-hybridized carbons (Fsp3) is 0.0370. The van der Waals surface area contributed by atoms with Crippen LogP contribution in [0.15, 0.2) is 113 Å². The summed E-state index contributed by atoms with van der Waals surface area (Å²) in [6.45, 7) is 0.468. The van der Waals surface area contributed by atoms with E-state index < -0.39 is 0 Å². The number of rotatable bonds is 6. The fourth-order valence-corrected chi connectivity index (χ4v) is 4.75. The minimum Gasteiger partial charge on any atom is -0.467 e. The number of hydrogen-bond acceptors (Lipinski definition) is 4. The van der Waals surface area contributed by atoms with Crippen molar-refractivity contribution in [2.75, 3.05) is 5.32 Å². The fourth-order valence-electron chi connectivity index (χ4n) is 3.56. The van der Waals surface area contributed by atoms with Gasteiger partial charge in [-0.2, -0.15) is 0 Å². The van der Waals surface area contributed by atoms with Crippen molar-refractivity contribution in [2.45, 2.75) is 6.54 Å². The van der Waals surface area contributed by atoms with E-state index in [1.54, 1.807) is 30.5 Å². The van der Waals surface area contributed by atoms with Gasteiger partial charge in [-0.1, -0.05) is 71.5 Å². The highest BCUT2D eigenvalue weighted by Crippen LogP contribution is 2.32. The number of benzene rings is 3. The summed E-state index contributed by atoms with van der Waals surface area (Å²) in [4.78, 5) is 18.7. The first-order valence-corrected chi connectivity index (χ1v) is 11.8. The molecule has 0 aliphatic rings. The molecule has 1 N–H and O–H groups in total. The molecule has 0 unspecified atom stereocenters. The Morgan fingerprint density at radius 3 is 2.26 bits per heavy atom. The lowest BCUT2D eigenvalue weighted by Crippen LogP contribution is -2.17. The Balaban J connectivity index is 0.00000289. The average molecular weight is 522 g/mol. The average Bonchev–Trinajstić information content (AvgIpc) is 3.49. The predicted molar refractivity (Wildman–Crippen MR) is 144 cm³/mol. The molecule has 2 heterocycles. The van der Waals surface area contributed by atoms with E-state index >= 15 is 0 Å². The van der Waals surface area contributed by atoms with E-state index in [4.69, 9.17) is 21.0 Å². The van der Waals surface area contributed by atoms with Crippen molar-refractivity contribution in [2.24, 2.45) is 4.99 Å². The second kappa shape index (κ2) is 11.2. The highest BCUT2D eigenvalue weighted by Gasteiger charge is 2.19. The Bertz CT molecular complexity index is 1460. The molecule has 5 nitrogen and oxygen atoms in total. The molecule has 0 atom stereocenters. The summed E-state index contributed by atoms with van der Waals surface area (Å²) in [5.41, 5.74) is 3.17. The molecule has 0 saturated heterocycles. The van der Waals surface area contributed by atoms with Crippen LogP contribution in [0.4, 0.5) is 10.7 Å². The summed E-state index contributed by atoms with van der Waals surface area (Å²) in [5.74, 6) is 0.576. The molecule has 0 spiro atoms. The van der Waals surface area contributed by atoms with Crippen LogP contribution in [0.2, 0.25) is 5.02 Å². The zero-order valence-corrected chi connectivity index (χ0v) is 20.8. The summed E-state index contributed by atoms with van der Waals surface area (Å²) < 4.78 is 7.72. The summed E-state index contributed by atoms with van der Waals surface area (Å²) in [7, 11) is 0. The third-order valence-electron chi connectivity index (χ3n) is 5.16. The van der Waals surface area contributed by atoms with Crippen LogP contribution in [0, 0.1) is 0 Å². The first kappa shape index (κ1) is 24.5. The molecule has 2 aromatic heterocycles. The molecule has 1 amide bonds. The number of para-hydroxylation sites is 1. The molecular weight excluding hydrogens is 501 g/mol. The normalized spacial score (nSPS) is 11.2. The topological polar surface area (TPSA) is 59.5 Å². The number of thiazole rings is 1. The number of nitrogens with zero attached hydrogens (tertiary/aromatic N) is 2. The monoisotopic (exact) mass is 521 g/mol. The molecule has 3 aromatic carbocycles. The molecule has 8 heteroatoms. The van der Waals surface area contributed by atoms with Gasteiger partial charge in [0.25, 0.3) is 5.91 Å². The number of halogens is 2. The maximum atomic E-state index is 13.1. The Hall–Kier alpha value is -3.58. The number of carbonyl (C=O) groups is 1. The lowest BCUT2D eigenvalue weighted by atomic mass is 10.1. The number of furan rings is 1. The minimum absolute atomic E-state index is 0. The molecule has 0 fully saturated rings. The Morgan fingerprint density at radius 2 is 1.60 bits per heavy atom. The number of nitrogens with one attached hydrogen (secondary N) is 1. The van der Waals surface area contributed by atoms with Crippen LogP contribution in [0.5, 0.6) is 0 Å². The maximum absolute atomic E-state index is 13.1. The summed E-state index contributed by atoms with van der Waals surface area (Å²) >= 11 is 7.42. The zero-order chi connectivity index (χ0) is 23.3. The molecule has 35 heavy (non-hydrogen) atoms. The van der Waals surface area contributed by atoms with Gasteiger partial charge in [-0.25, -0.2) is 4.99 Å². The van der Waals surface area contributed by atoms with Gasteiger partial charge in [0.05, 0.1) is 24.2 Å². The van der Waals surface area contributed by atoms with E-state index in [9.17, 15) is 4.79 Å². The van der Waals surface area contributed by atoms with Crippen molar-refractivity contribution in [3.05, 3.63) is 124 Å². The Labute approximate surface area is 217 Å². The second-order valence-corrected chi connectivity index (χ2v) is 8.92. The van der Waals surface area contributed by atoms with E-state index in [2.05, 4.69) is 9.88 Å². The molecule has 0 aliphatic carbocycles. The van der Waals surface area contributed by atoms with Crippen LogP contribution in [-0.2, 0) is 6.54 Å². The third kappa shape index (κ3) is 5.74. The van der Waals surface area contributed by atoms with Crippen molar-refractivity contribution < 1.29 is 9.21 Å². The number of aromatic nitrogens is 1. The number of carbonyl (C=O) groups excluding carboxylic acids is 1. The van der Waals surface area contributed by atoms with E-state index in [-0.39, 0.29) is 18.3 Å². The van der Waals surface area contributed by atoms with Crippen molar-refractivity contribution >= 4 is 51.9 Å². The van der Waals surface area contributed by atoms with Gasteiger partial charge in [0, 0.05) is 16.1 Å². The number of amides is 1. The third-order valence-corrected chi connectivity index (χ3v) is 6.41. The first-order valence-electron chi connectivity index (χ1n) is 10.7. The summed E-state index contributed by atoms with van der Waals surface area (Å²) in [5, 5.41) is 4.38. The maximum Gasteiger partial charge on any atom is 0.256 e. The molecule has 5 rings (SSSR count). The van der Waals surface area contributed by atoms with Gasteiger partial charge in [0.2, 0.25) is 0 Å². The molecule has 0 radical (unpaired) electrons. The van der Waals surface area contributed by atoms with Crippen LogP contribution in [0.1, 0.15) is 16.1 Å². The van der Waals surface area contributed by atoms with E-state index in [0.29, 0.717) is 22.1 Å². The van der Waals surface area contributed by atoms with E-state index in [0.717, 1.165) is 27.5 Å². The standard InChI is InChI=1S/C27H20ClN3O2S.ClH/c28-21-15-13-20(14-16-21)25(32)30-26-24(19-8-3-1-4-9-19)31(18-23-12-7-17-33-23)27(34-26)29-22-10-5-2-6-11-22;/h1-17H,18H2,(H,30,32);1H. The highest BCUT2D eigenvalue weighted by molar-refractivity contribution is 7.14. The Morgan fingerprint density at radius 1 is 0.914 bits per heavy atom. The van der Waals surface area contributed by atoms with E-state index in [1.165, 1.54) is 11.3 Å². The number of anilines is 1. The van der Waals surface area contributed by atoms with Gasteiger partial charge in [-0.15, -0.1) is 12.4 Å². The van der Waals surface area contributed by atoms with Crippen LogP contribution in [0.25, 0.3) is 11.3 Å². The quantitative estimate of drug-likeness (QED) is 0.252. The van der Waals surface area contributed by atoms with Crippen molar-refractivity contribution in [3.8, 4) is 11.3 Å². The van der Waals surface area contributed by atoms with Crippen LogP contribution >= 0.6 is 35.3 Å². The first-order chi connectivity index (χ1) is 16.7. The smallest absolute Gasteiger partial charge is 0.256 e. The van der Waals surface area contributed by atoms with Gasteiger partial charge in [0.15, 0.2) is 4.80 Å². The molecule has 0 aliphatic heterocycles. The second-order valence-electron chi connectivity index (χ2n) is 7.50. The summed E-state index contributed by atoms with van der Waals surface area (Å²) in [6, 6.07) is 30.3. The molecular formula is C27H21Cl2N3O2S. The summed E-state index contributed by atoms with van der Waals surface area (Å²) in [6.07, 6.45) is 1.65. The number of hydrogen-bond donors (Lipinski definition) is 1. The van der Waals surface area contributed by atoms with Gasteiger partial charge in [-0.3, -0.25) is 4.79 Å². The van der Waals surface area contributed by atoms with Gasteiger partial charge in [-0.05, 0) is 48.5 Å². The van der Waals surface area contributed by atoms with E-state index in [1.807, 2.05) is 72.8 Å².